The van der Waals surface area contributed by atoms with Crippen LogP contribution < -0.4 is 10.5 Å². The Morgan fingerprint density at radius 1 is 1.25 bits per heavy atom. The number of ether oxygens (including phenoxy) is 1. The van der Waals surface area contributed by atoms with Crippen LogP contribution in [0.1, 0.15) is 32.2 Å². The second kappa shape index (κ2) is 4.77. The number of aromatic nitrogens is 4. The fraction of sp³-hybridized carbons (Fsp3) is 0.500. The highest BCUT2D eigenvalue weighted by Crippen LogP contribution is 2.32. The first kappa shape index (κ1) is 14.3. The first-order chi connectivity index (χ1) is 9.24. The van der Waals surface area contributed by atoms with Gasteiger partial charge in [-0.1, -0.05) is 20.8 Å². The van der Waals surface area contributed by atoms with E-state index in [2.05, 4.69) is 35.8 Å². The molecule has 0 aliphatic heterocycles. The summed E-state index contributed by atoms with van der Waals surface area (Å²) in [4.78, 5) is 8.97. The fourth-order valence-electron chi connectivity index (χ4n) is 2.09. The van der Waals surface area contributed by atoms with Crippen molar-refractivity contribution >= 4 is 5.82 Å². The second-order valence-electron chi connectivity index (χ2n) is 5.84. The van der Waals surface area contributed by atoms with Gasteiger partial charge in [0, 0.05) is 18.5 Å². The van der Waals surface area contributed by atoms with Crippen LogP contribution in [0.25, 0.3) is 11.4 Å². The van der Waals surface area contributed by atoms with Crippen LogP contribution in [0, 0.1) is 6.92 Å². The standard InChI is InChI=1S/C14H21N5O/c1-8-11(13(20-6)19(5)18-8)12-16-9(14(2,3)4)7-10(15)17-12/h7H,1-6H3,(H2,15,16,17). The van der Waals surface area contributed by atoms with Gasteiger partial charge in [0.2, 0.25) is 5.88 Å². The molecule has 2 aromatic heterocycles. The zero-order chi connectivity index (χ0) is 15.1. The number of nitrogens with two attached hydrogens (primary N) is 1. The maximum atomic E-state index is 5.92. The largest absolute Gasteiger partial charge is 0.481 e. The van der Waals surface area contributed by atoms with Crippen LogP contribution in [0.2, 0.25) is 0 Å². The molecule has 0 saturated carbocycles. The van der Waals surface area contributed by atoms with Crippen LogP contribution in [0.3, 0.4) is 0 Å². The zero-order valence-corrected chi connectivity index (χ0v) is 12.9. The van der Waals surface area contributed by atoms with E-state index in [0.29, 0.717) is 17.5 Å². The fourth-order valence-corrected chi connectivity index (χ4v) is 2.09. The Morgan fingerprint density at radius 3 is 2.45 bits per heavy atom. The van der Waals surface area contributed by atoms with Gasteiger partial charge in [0.15, 0.2) is 5.82 Å². The van der Waals surface area contributed by atoms with E-state index in [4.69, 9.17) is 10.5 Å². The summed E-state index contributed by atoms with van der Waals surface area (Å²) in [5, 5.41) is 4.35. The quantitative estimate of drug-likeness (QED) is 0.907. The summed E-state index contributed by atoms with van der Waals surface area (Å²) in [6.45, 7) is 8.17. The molecule has 0 saturated heterocycles. The molecule has 0 spiro atoms. The molecular formula is C14H21N5O. The van der Waals surface area contributed by atoms with Crippen molar-refractivity contribution in [2.75, 3.05) is 12.8 Å². The van der Waals surface area contributed by atoms with Crippen molar-refractivity contribution in [2.24, 2.45) is 7.05 Å². The lowest BCUT2D eigenvalue weighted by Crippen LogP contribution is -2.15. The highest BCUT2D eigenvalue weighted by Gasteiger charge is 2.22. The predicted molar refractivity (Wildman–Crippen MR) is 78.6 cm³/mol. The number of nitrogens with zero attached hydrogens (tertiary/aromatic N) is 4. The molecule has 0 unspecified atom stereocenters. The van der Waals surface area contributed by atoms with E-state index in [1.807, 2.05) is 20.0 Å². The Hall–Kier alpha value is -2.11. The van der Waals surface area contributed by atoms with Gasteiger partial charge >= 0.3 is 0 Å². The average molecular weight is 275 g/mol. The molecule has 0 bridgehead atoms. The van der Waals surface area contributed by atoms with Crippen LogP contribution in [0.4, 0.5) is 5.82 Å². The molecule has 6 nitrogen and oxygen atoms in total. The Morgan fingerprint density at radius 2 is 1.90 bits per heavy atom. The summed E-state index contributed by atoms with van der Waals surface area (Å²) in [5.74, 6) is 1.63. The van der Waals surface area contributed by atoms with Crippen molar-refractivity contribution in [3.05, 3.63) is 17.5 Å². The minimum Gasteiger partial charge on any atom is -0.481 e. The summed E-state index contributed by atoms with van der Waals surface area (Å²) in [7, 11) is 3.43. The third-order valence-corrected chi connectivity index (χ3v) is 3.10. The van der Waals surface area contributed by atoms with Gasteiger partial charge in [-0.25, -0.2) is 14.6 Å². The van der Waals surface area contributed by atoms with E-state index in [9.17, 15) is 0 Å². The van der Waals surface area contributed by atoms with Crippen molar-refractivity contribution in [3.63, 3.8) is 0 Å². The SMILES string of the molecule is COc1c(-c2nc(N)cc(C(C)(C)C)n2)c(C)nn1C. The normalized spacial score (nSPS) is 11.7. The van der Waals surface area contributed by atoms with Gasteiger partial charge in [0.05, 0.1) is 18.5 Å². The van der Waals surface area contributed by atoms with Gasteiger partial charge in [0.25, 0.3) is 0 Å². The molecular weight excluding hydrogens is 254 g/mol. The van der Waals surface area contributed by atoms with Gasteiger partial charge in [-0.3, -0.25) is 0 Å². The van der Waals surface area contributed by atoms with Gasteiger partial charge in [-0.2, -0.15) is 5.10 Å². The third kappa shape index (κ3) is 2.45. The van der Waals surface area contributed by atoms with Gasteiger partial charge in [0.1, 0.15) is 11.4 Å². The monoisotopic (exact) mass is 275 g/mol. The number of methoxy groups -OCH3 is 1. The Labute approximate surface area is 119 Å². The van der Waals surface area contributed by atoms with Gasteiger partial charge in [-0.15, -0.1) is 0 Å². The van der Waals surface area contributed by atoms with Crippen molar-refractivity contribution in [1.29, 1.82) is 0 Å². The minimum absolute atomic E-state index is 0.102. The van der Waals surface area contributed by atoms with Crippen molar-refractivity contribution in [3.8, 4) is 17.3 Å². The molecule has 0 aromatic carbocycles. The van der Waals surface area contributed by atoms with Crippen molar-refractivity contribution < 1.29 is 4.74 Å². The van der Waals surface area contributed by atoms with E-state index in [-0.39, 0.29) is 5.41 Å². The number of hydrogen-bond acceptors (Lipinski definition) is 5. The molecule has 2 aromatic rings. The van der Waals surface area contributed by atoms with Crippen LogP contribution >= 0.6 is 0 Å². The summed E-state index contributed by atoms with van der Waals surface area (Å²) in [5.41, 5.74) is 8.31. The lowest BCUT2D eigenvalue weighted by atomic mass is 9.92. The summed E-state index contributed by atoms with van der Waals surface area (Å²) in [6.07, 6.45) is 0. The Bertz CT molecular complexity index is 640. The molecule has 0 radical (unpaired) electrons. The third-order valence-electron chi connectivity index (χ3n) is 3.10. The minimum atomic E-state index is -0.102. The molecule has 108 valence electrons. The molecule has 2 N–H and O–H groups in total. The van der Waals surface area contributed by atoms with Crippen LogP contribution in [-0.4, -0.2) is 26.9 Å². The first-order valence-corrected chi connectivity index (χ1v) is 6.47. The maximum absolute atomic E-state index is 5.92. The molecule has 6 heteroatoms. The molecule has 0 aliphatic carbocycles. The number of nitrogen functional groups attached to an aromatic ring is 1. The smallest absolute Gasteiger partial charge is 0.222 e. The van der Waals surface area contributed by atoms with Crippen LogP contribution in [0.15, 0.2) is 6.07 Å². The molecule has 2 rings (SSSR count). The molecule has 20 heavy (non-hydrogen) atoms. The van der Waals surface area contributed by atoms with Crippen molar-refractivity contribution in [2.45, 2.75) is 33.1 Å². The Kier molecular flexibility index (Phi) is 3.41. The van der Waals surface area contributed by atoms with E-state index in [1.165, 1.54) is 0 Å². The topological polar surface area (TPSA) is 78.8 Å². The van der Waals surface area contributed by atoms with Gasteiger partial charge < -0.3 is 10.5 Å². The summed E-state index contributed by atoms with van der Waals surface area (Å²) >= 11 is 0. The Balaban J connectivity index is 2.68. The van der Waals surface area contributed by atoms with E-state index in [1.54, 1.807) is 11.8 Å². The number of aryl methyl sites for hydroxylation is 2. The molecule has 0 atom stereocenters. The first-order valence-electron chi connectivity index (χ1n) is 6.47. The maximum Gasteiger partial charge on any atom is 0.222 e. The summed E-state index contributed by atoms with van der Waals surface area (Å²) in [6, 6.07) is 1.81. The highest BCUT2D eigenvalue weighted by atomic mass is 16.5. The van der Waals surface area contributed by atoms with Crippen LogP contribution in [0.5, 0.6) is 5.88 Å². The van der Waals surface area contributed by atoms with Gasteiger partial charge in [-0.05, 0) is 6.92 Å². The molecule has 0 aliphatic rings. The van der Waals surface area contributed by atoms with Crippen molar-refractivity contribution in [1.82, 2.24) is 19.7 Å². The lowest BCUT2D eigenvalue weighted by molar-refractivity contribution is 0.374. The lowest BCUT2D eigenvalue weighted by Gasteiger charge is -2.18. The number of anilines is 1. The average Bonchev–Trinajstić information content (AvgIpc) is 2.61. The van der Waals surface area contributed by atoms with Crippen LogP contribution in [-0.2, 0) is 12.5 Å². The number of rotatable bonds is 2. The summed E-state index contributed by atoms with van der Waals surface area (Å²) < 4.78 is 7.07. The van der Waals surface area contributed by atoms with E-state index >= 15 is 0 Å². The number of hydrogen-bond donors (Lipinski definition) is 1. The molecule has 2 heterocycles. The van der Waals surface area contributed by atoms with E-state index < -0.39 is 0 Å². The molecule has 0 amide bonds. The van der Waals surface area contributed by atoms with E-state index in [0.717, 1.165) is 17.0 Å². The molecule has 0 fully saturated rings. The second-order valence-corrected chi connectivity index (χ2v) is 5.84. The zero-order valence-electron chi connectivity index (χ0n) is 12.9. The highest BCUT2D eigenvalue weighted by molar-refractivity contribution is 5.66. The predicted octanol–water partition coefficient (Wildman–Crippen LogP) is 2.07.